The Morgan fingerprint density at radius 3 is 2.32 bits per heavy atom. The fourth-order valence-corrected chi connectivity index (χ4v) is 3.35. The number of alkyl halides is 3. The number of hydrogen-bond donors (Lipinski definition) is 3. The number of aliphatic hydroxyl groups is 1. The topological polar surface area (TPSA) is 74.5 Å². The van der Waals surface area contributed by atoms with Crippen molar-refractivity contribution in [1.29, 1.82) is 0 Å². The smallest absolute Gasteiger partial charge is 0.374 e. The highest BCUT2D eigenvalue weighted by Crippen LogP contribution is 2.40. The number of benzene rings is 1. The van der Waals surface area contributed by atoms with Gasteiger partial charge in [0, 0.05) is 45.5 Å². The normalized spacial score (nSPS) is 14.0. The first-order valence-corrected chi connectivity index (χ1v) is 9.93. The van der Waals surface area contributed by atoms with Crippen LogP contribution in [-0.2, 0) is 19.1 Å². The Morgan fingerprint density at radius 2 is 1.81 bits per heavy atom. The van der Waals surface area contributed by atoms with Crippen molar-refractivity contribution in [3.63, 3.8) is 0 Å². The zero-order valence-corrected chi connectivity index (χ0v) is 20.6. The van der Waals surface area contributed by atoms with Crippen LogP contribution >= 0.6 is 24.0 Å². The second-order valence-electron chi connectivity index (χ2n) is 7.40. The third kappa shape index (κ3) is 7.37. The van der Waals surface area contributed by atoms with Crippen LogP contribution in [0.5, 0.6) is 0 Å². The van der Waals surface area contributed by atoms with Crippen LogP contribution in [-0.4, -0.2) is 46.4 Å². The molecule has 2 rings (SSSR count). The van der Waals surface area contributed by atoms with Crippen molar-refractivity contribution in [2.24, 2.45) is 12.0 Å². The van der Waals surface area contributed by atoms with Crippen molar-refractivity contribution in [2.45, 2.75) is 45.4 Å². The molecule has 0 saturated carbocycles. The van der Waals surface area contributed by atoms with Crippen molar-refractivity contribution >= 4 is 29.9 Å². The van der Waals surface area contributed by atoms with Gasteiger partial charge in [-0.05, 0) is 32.8 Å². The molecule has 0 radical (unpaired) electrons. The molecule has 31 heavy (non-hydrogen) atoms. The molecule has 0 bridgehead atoms. The molecule has 174 valence electrons. The molecule has 0 saturated heterocycles. The van der Waals surface area contributed by atoms with Gasteiger partial charge in [0.2, 0.25) is 5.60 Å². The maximum absolute atomic E-state index is 13.6. The quantitative estimate of drug-likeness (QED) is 0.266. The van der Waals surface area contributed by atoms with Crippen LogP contribution in [0.15, 0.2) is 35.6 Å². The summed E-state index contributed by atoms with van der Waals surface area (Å²) in [5, 5.41) is 16.5. The lowest BCUT2D eigenvalue weighted by atomic mass is 9.98. The molecular weight excluding hydrogens is 522 g/mol. The zero-order chi connectivity index (χ0) is 22.4. The molecule has 1 heterocycles. The van der Waals surface area contributed by atoms with E-state index in [0.29, 0.717) is 19.0 Å². The highest BCUT2D eigenvalue weighted by atomic mass is 127. The summed E-state index contributed by atoms with van der Waals surface area (Å²) in [5.41, 5.74) is 0.486. The second-order valence-corrected chi connectivity index (χ2v) is 7.40. The molecule has 1 aromatic heterocycles. The number of imidazole rings is 1. The van der Waals surface area contributed by atoms with Gasteiger partial charge in [-0.3, -0.25) is 4.99 Å². The van der Waals surface area contributed by atoms with Crippen molar-refractivity contribution in [3.05, 3.63) is 53.1 Å². The number of rotatable bonds is 8. The fourth-order valence-electron chi connectivity index (χ4n) is 3.35. The standard InChI is InChI=1S/C21H30F3N5O.HI/c1-5-25-19(27-8-6-17-13-15(2)12-16(3)14-17)28-9-7-20(30,21(22,23)24)18-26-10-11-29(18)4;/h10-14,30H,5-9H2,1-4H3,(H2,25,27,28);1H. The Morgan fingerprint density at radius 1 is 1.16 bits per heavy atom. The molecule has 1 atom stereocenters. The maximum atomic E-state index is 13.6. The van der Waals surface area contributed by atoms with E-state index in [1.807, 2.05) is 20.8 Å². The number of nitrogens with zero attached hydrogens (tertiary/aromatic N) is 3. The van der Waals surface area contributed by atoms with E-state index in [1.165, 1.54) is 40.7 Å². The van der Waals surface area contributed by atoms with E-state index < -0.39 is 24.0 Å². The van der Waals surface area contributed by atoms with E-state index >= 15 is 0 Å². The Hall–Kier alpha value is -1.82. The molecule has 1 unspecified atom stereocenters. The summed E-state index contributed by atoms with van der Waals surface area (Å²) in [6, 6.07) is 6.32. The molecule has 0 aliphatic heterocycles. The van der Waals surface area contributed by atoms with Gasteiger partial charge in [-0.1, -0.05) is 29.3 Å². The minimum absolute atomic E-state index is 0. The predicted molar refractivity (Wildman–Crippen MR) is 127 cm³/mol. The van der Waals surface area contributed by atoms with Gasteiger partial charge >= 0.3 is 6.18 Å². The van der Waals surface area contributed by atoms with E-state index in [1.54, 1.807) is 0 Å². The van der Waals surface area contributed by atoms with Gasteiger partial charge in [0.25, 0.3) is 0 Å². The molecule has 0 spiro atoms. The average molecular weight is 553 g/mol. The van der Waals surface area contributed by atoms with Crippen LogP contribution in [0.3, 0.4) is 0 Å². The van der Waals surface area contributed by atoms with Gasteiger partial charge in [0.1, 0.15) is 5.82 Å². The van der Waals surface area contributed by atoms with Crippen molar-refractivity contribution in [3.8, 4) is 0 Å². The molecule has 3 N–H and O–H groups in total. The maximum Gasteiger partial charge on any atom is 0.424 e. The SMILES string of the molecule is CCNC(=NCCC(O)(c1nccn1C)C(F)(F)F)NCCc1cc(C)cc(C)c1.I. The average Bonchev–Trinajstić information content (AvgIpc) is 3.06. The molecule has 10 heteroatoms. The van der Waals surface area contributed by atoms with Crippen molar-refractivity contribution in [2.75, 3.05) is 19.6 Å². The number of aryl methyl sites for hydroxylation is 3. The number of guanidine groups is 1. The number of aliphatic imine (C=N–C) groups is 1. The van der Waals surface area contributed by atoms with Gasteiger partial charge in [-0.15, -0.1) is 24.0 Å². The Bertz CT molecular complexity index is 849. The summed E-state index contributed by atoms with van der Waals surface area (Å²) >= 11 is 0. The van der Waals surface area contributed by atoms with Crippen LogP contribution in [0.25, 0.3) is 0 Å². The van der Waals surface area contributed by atoms with Gasteiger partial charge in [-0.2, -0.15) is 13.2 Å². The Kier molecular flexibility index (Phi) is 10.3. The number of aromatic nitrogens is 2. The fraction of sp³-hybridized carbons (Fsp3) is 0.524. The Balaban J connectivity index is 0.00000480. The molecule has 0 fully saturated rings. The van der Waals surface area contributed by atoms with E-state index in [9.17, 15) is 18.3 Å². The number of halogens is 4. The predicted octanol–water partition coefficient (Wildman–Crippen LogP) is 3.59. The lowest BCUT2D eigenvalue weighted by molar-refractivity contribution is -0.272. The summed E-state index contributed by atoms with van der Waals surface area (Å²) in [4.78, 5) is 7.91. The van der Waals surface area contributed by atoms with Gasteiger partial charge in [0.05, 0.1) is 0 Å². The highest BCUT2D eigenvalue weighted by molar-refractivity contribution is 14.0. The molecule has 0 aliphatic carbocycles. The molecule has 0 aliphatic rings. The van der Waals surface area contributed by atoms with E-state index in [2.05, 4.69) is 38.8 Å². The van der Waals surface area contributed by atoms with Crippen LogP contribution in [0.2, 0.25) is 0 Å². The number of nitrogens with one attached hydrogen (secondary N) is 2. The third-order valence-electron chi connectivity index (χ3n) is 4.74. The summed E-state index contributed by atoms with van der Waals surface area (Å²) in [7, 11) is 1.42. The van der Waals surface area contributed by atoms with Gasteiger partial charge in [0.15, 0.2) is 5.96 Å². The third-order valence-corrected chi connectivity index (χ3v) is 4.74. The summed E-state index contributed by atoms with van der Waals surface area (Å²) in [5.74, 6) is -0.0378. The second kappa shape index (κ2) is 11.7. The van der Waals surface area contributed by atoms with Crippen molar-refractivity contribution in [1.82, 2.24) is 20.2 Å². The highest BCUT2D eigenvalue weighted by Gasteiger charge is 2.57. The van der Waals surface area contributed by atoms with Crippen LogP contribution in [0, 0.1) is 13.8 Å². The Labute approximate surface area is 198 Å². The molecular formula is C21H31F3IN5O. The van der Waals surface area contributed by atoms with Crippen LogP contribution in [0.4, 0.5) is 13.2 Å². The van der Waals surface area contributed by atoms with E-state index in [0.717, 1.165) is 6.42 Å². The molecule has 6 nitrogen and oxygen atoms in total. The van der Waals surface area contributed by atoms with Crippen LogP contribution < -0.4 is 10.6 Å². The van der Waals surface area contributed by atoms with Crippen molar-refractivity contribution < 1.29 is 18.3 Å². The molecule has 1 aromatic carbocycles. The summed E-state index contributed by atoms with van der Waals surface area (Å²) in [6.45, 7) is 6.89. The largest absolute Gasteiger partial charge is 0.424 e. The van der Waals surface area contributed by atoms with Crippen LogP contribution in [0.1, 0.15) is 35.9 Å². The minimum atomic E-state index is -4.86. The molecule has 2 aromatic rings. The lowest BCUT2D eigenvalue weighted by Crippen LogP contribution is -2.45. The first-order chi connectivity index (χ1) is 14.1. The van der Waals surface area contributed by atoms with Gasteiger partial charge < -0.3 is 20.3 Å². The lowest BCUT2D eigenvalue weighted by Gasteiger charge is -2.29. The summed E-state index contributed by atoms with van der Waals surface area (Å²) < 4.78 is 41.9. The minimum Gasteiger partial charge on any atom is -0.374 e. The van der Waals surface area contributed by atoms with E-state index in [4.69, 9.17) is 0 Å². The van der Waals surface area contributed by atoms with Gasteiger partial charge in [-0.25, -0.2) is 4.98 Å². The van der Waals surface area contributed by atoms with E-state index in [-0.39, 0.29) is 30.5 Å². The molecule has 0 amide bonds. The number of hydrogen-bond acceptors (Lipinski definition) is 3. The summed E-state index contributed by atoms with van der Waals surface area (Å²) in [6.07, 6.45) is -2.14. The monoisotopic (exact) mass is 553 g/mol. The first-order valence-electron chi connectivity index (χ1n) is 9.93. The first kappa shape index (κ1) is 27.2. The zero-order valence-electron chi connectivity index (χ0n) is 18.3.